The highest BCUT2D eigenvalue weighted by atomic mass is 19.1. The molecule has 3 atom stereocenters. The van der Waals surface area contributed by atoms with Crippen molar-refractivity contribution in [2.75, 3.05) is 26.2 Å². The van der Waals surface area contributed by atoms with Crippen molar-refractivity contribution in [3.63, 3.8) is 0 Å². The topological polar surface area (TPSA) is 72.9 Å². The van der Waals surface area contributed by atoms with Gasteiger partial charge in [0.1, 0.15) is 12.4 Å². The molecule has 158 valence electrons. The minimum atomic E-state index is -0.278. The van der Waals surface area contributed by atoms with E-state index in [1.165, 1.54) is 12.1 Å². The number of urea groups is 1. The van der Waals surface area contributed by atoms with Crippen LogP contribution in [-0.4, -0.2) is 65.2 Å². The lowest BCUT2D eigenvalue weighted by Crippen LogP contribution is -2.73. The molecular formula is C23H26FN3O3. The van der Waals surface area contributed by atoms with Gasteiger partial charge in [0.05, 0.1) is 18.7 Å². The maximum atomic E-state index is 13.2. The molecule has 2 heterocycles. The number of halogens is 1. The van der Waals surface area contributed by atoms with Crippen LogP contribution < -0.4 is 5.32 Å². The average molecular weight is 411 g/mol. The molecule has 30 heavy (non-hydrogen) atoms. The van der Waals surface area contributed by atoms with E-state index in [9.17, 15) is 19.1 Å². The van der Waals surface area contributed by atoms with Crippen molar-refractivity contribution < 1.29 is 19.1 Å². The second kappa shape index (κ2) is 8.44. The maximum Gasteiger partial charge on any atom is 0.317 e. The van der Waals surface area contributed by atoms with Crippen LogP contribution in [0.1, 0.15) is 24.8 Å². The number of nitrogens with one attached hydrogen (secondary N) is 1. The average Bonchev–Trinajstić information content (AvgIpc) is 2.74. The van der Waals surface area contributed by atoms with Gasteiger partial charge in [-0.05, 0) is 35.2 Å². The van der Waals surface area contributed by atoms with Crippen LogP contribution >= 0.6 is 0 Å². The molecule has 2 aliphatic heterocycles. The Morgan fingerprint density at radius 2 is 1.77 bits per heavy atom. The molecule has 2 aromatic rings. The van der Waals surface area contributed by atoms with E-state index in [0.717, 1.165) is 23.1 Å². The summed E-state index contributed by atoms with van der Waals surface area (Å²) in [5, 5.41) is 12.7. The lowest BCUT2D eigenvalue weighted by atomic mass is 9.73. The summed E-state index contributed by atoms with van der Waals surface area (Å²) in [6, 6.07) is 13.6. The molecule has 2 fully saturated rings. The van der Waals surface area contributed by atoms with Gasteiger partial charge in [-0.25, -0.2) is 9.18 Å². The second-order valence-electron chi connectivity index (χ2n) is 7.89. The Morgan fingerprint density at radius 3 is 2.37 bits per heavy atom. The third-order valence-electron chi connectivity index (χ3n) is 6.04. The summed E-state index contributed by atoms with van der Waals surface area (Å²) in [5.74, 6) is -0.440. The SMILES string of the molecule is CCCNC(=O)N1CC(=O)N2[C@@H](CO)[C@H](c3ccc(-c4ccc(F)cc4)cc3)[C@@H]2C1. The van der Waals surface area contributed by atoms with E-state index in [1.807, 2.05) is 31.2 Å². The first kappa shape index (κ1) is 20.3. The molecule has 4 rings (SSSR count). The number of rotatable bonds is 5. The van der Waals surface area contributed by atoms with Crippen LogP contribution in [0.3, 0.4) is 0 Å². The first-order chi connectivity index (χ1) is 14.5. The summed E-state index contributed by atoms with van der Waals surface area (Å²) < 4.78 is 13.2. The fraction of sp³-hybridized carbons (Fsp3) is 0.391. The van der Waals surface area contributed by atoms with Gasteiger partial charge in [0.2, 0.25) is 5.91 Å². The predicted molar refractivity (Wildman–Crippen MR) is 111 cm³/mol. The molecule has 3 amide bonds. The van der Waals surface area contributed by atoms with Crippen LogP contribution in [0.5, 0.6) is 0 Å². The molecule has 0 aliphatic carbocycles. The van der Waals surface area contributed by atoms with E-state index in [1.54, 1.807) is 21.9 Å². The normalized spacial score (nSPS) is 23.0. The van der Waals surface area contributed by atoms with E-state index in [2.05, 4.69) is 5.32 Å². The van der Waals surface area contributed by atoms with Crippen molar-refractivity contribution in [2.24, 2.45) is 0 Å². The van der Waals surface area contributed by atoms with Gasteiger partial charge in [0.15, 0.2) is 0 Å². The van der Waals surface area contributed by atoms with Gasteiger partial charge < -0.3 is 20.2 Å². The monoisotopic (exact) mass is 411 g/mol. The lowest BCUT2D eigenvalue weighted by molar-refractivity contribution is -0.159. The fourth-order valence-electron chi connectivity index (χ4n) is 4.54. The molecule has 7 heteroatoms. The van der Waals surface area contributed by atoms with Gasteiger partial charge >= 0.3 is 6.03 Å². The van der Waals surface area contributed by atoms with Crippen LogP contribution in [-0.2, 0) is 4.79 Å². The Morgan fingerprint density at radius 1 is 1.13 bits per heavy atom. The minimum Gasteiger partial charge on any atom is -0.394 e. The number of aliphatic hydroxyl groups is 1. The van der Waals surface area contributed by atoms with E-state index < -0.39 is 0 Å². The van der Waals surface area contributed by atoms with Gasteiger partial charge in [-0.15, -0.1) is 0 Å². The molecule has 0 aromatic heterocycles. The molecular weight excluding hydrogens is 385 g/mol. The minimum absolute atomic E-state index is 0.0389. The largest absolute Gasteiger partial charge is 0.394 e. The van der Waals surface area contributed by atoms with Crippen molar-refractivity contribution >= 4 is 11.9 Å². The third-order valence-corrected chi connectivity index (χ3v) is 6.04. The lowest BCUT2D eigenvalue weighted by Gasteiger charge is -2.58. The molecule has 2 N–H and O–H groups in total. The highest BCUT2D eigenvalue weighted by molar-refractivity contribution is 5.87. The first-order valence-corrected chi connectivity index (χ1v) is 10.3. The Labute approximate surface area is 175 Å². The Balaban J connectivity index is 1.53. The number of carbonyl (C=O) groups excluding carboxylic acids is 2. The molecule has 6 nitrogen and oxygen atoms in total. The quantitative estimate of drug-likeness (QED) is 0.794. The van der Waals surface area contributed by atoms with Crippen molar-refractivity contribution in [1.82, 2.24) is 15.1 Å². The summed E-state index contributed by atoms with van der Waals surface area (Å²) in [7, 11) is 0. The smallest absolute Gasteiger partial charge is 0.317 e. The molecule has 0 saturated carbocycles. The number of hydrogen-bond donors (Lipinski definition) is 2. The molecule has 2 saturated heterocycles. The zero-order valence-corrected chi connectivity index (χ0v) is 16.9. The zero-order chi connectivity index (χ0) is 21.3. The Bertz CT molecular complexity index is 916. The van der Waals surface area contributed by atoms with Gasteiger partial charge in [-0.3, -0.25) is 4.79 Å². The van der Waals surface area contributed by atoms with Crippen molar-refractivity contribution in [3.05, 3.63) is 59.9 Å². The standard InChI is InChI=1S/C23H26FN3O3/c1-2-11-25-23(30)26-12-19-22(20(14-28)27(19)21(29)13-26)17-5-3-15(4-6-17)16-7-9-18(24)10-8-16/h3-10,19-20,22,28H,2,11-14H2,1H3,(H,25,30)/t19-,20-,22+/m0/s1. The molecule has 0 radical (unpaired) electrons. The number of carbonyl (C=O) groups is 2. The number of aliphatic hydroxyl groups excluding tert-OH is 1. The molecule has 0 spiro atoms. The zero-order valence-electron chi connectivity index (χ0n) is 16.9. The molecule has 2 aliphatic rings. The predicted octanol–water partition coefficient (Wildman–Crippen LogP) is 2.58. The summed E-state index contributed by atoms with van der Waals surface area (Å²) in [4.78, 5) is 28.3. The van der Waals surface area contributed by atoms with E-state index >= 15 is 0 Å². The maximum absolute atomic E-state index is 13.2. The number of fused-ring (bicyclic) bond motifs is 1. The van der Waals surface area contributed by atoms with Crippen molar-refractivity contribution in [1.29, 1.82) is 0 Å². The third kappa shape index (κ3) is 3.65. The van der Waals surface area contributed by atoms with E-state index in [-0.39, 0.29) is 48.9 Å². The van der Waals surface area contributed by atoms with Gasteiger partial charge in [0, 0.05) is 19.0 Å². The van der Waals surface area contributed by atoms with Gasteiger partial charge in [0.25, 0.3) is 0 Å². The van der Waals surface area contributed by atoms with Crippen molar-refractivity contribution in [3.8, 4) is 11.1 Å². The van der Waals surface area contributed by atoms with E-state index in [0.29, 0.717) is 13.1 Å². The summed E-state index contributed by atoms with van der Waals surface area (Å²) >= 11 is 0. The fourth-order valence-corrected chi connectivity index (χ4v) is 4.54. The van der Waals surface area contributed by atoms with Crippen LogP contribution in [0.25, 0.3) is 11.1 Å². The van der Waals surface area contributed by atoms with Crippen LogP contribution in [0, 0.1) is 5.82 Å². The first-order valence-electron chi connectivity index (χ1n) is 10.3. The molecule has 0 unspecified atom stereocenters. The molecule has 2 aromatic carbocycles. The van der Waals surface area contributed by atoms with Crippen LogP contribution in [0.15, 0.2) is 48.5 Å². The van der Waals surface area contributed by atoms with Crippen molar-refractivity contribution in [2.45, 2.75) is 31.3 Å². The van der Waals surface area contributed by atoms with E-state index in [4.69, 9.17) is 0 Å². The Hall–Kier alpha value is -2.93. The second-order valence-corrected chi connectivity index (χ2v) is 7.89. The Kier molecular flexibility index (Phi) is 5.72. The number of hydrogen-bond acceptors (Lipinski definition) is 3. The summed E-state index contributed by atoms with van der Waals surface area (Å²) in [5.41, 5.74) is 2.91. The van der Waals surface area contributed by atoms with Gasteiger partial charge in [-0.2, -0.15) is 0 Å². The van der Waals surface area contributed by atoms with Crippen LogP contribution in [0.4, 0.5) is 9.18 Å². The van der Waals surface area contributed by atoms with Crippen LogP contribution in [0.2, 0.25) is 0 Å². The summed E-state index contributed by atoms with van der Waals surface area (Å²) in [6.45, 7) is 2.92. The number of nitrogens with zero attached hydrogens (tertiary/aromatic N) is 2. The number of benzene rings is 2. The highest BCUT2D eigenvalue weighted by Gasteiger charge is 2.54. The number of amides is 3. The highest BCUT2D eigenvalue weighted by Crippen LogP contribution is 2.43. The number of piperazine rings is 1. The van der Waals surface area contributed by atoms with Gasteiger partial charge in [-0.1, -0.05) is 43.3 Å². The molecule has 0 bridgehead atoms. The summed E-state index contributed by atoms with van der Waals surface area (Å²) in [6.07, 6.45) is 0.832.